The summed E-state index contributed by atoms with van der Waals surface area (Å²) in [6.07, 6.45) is 3.25. The fourth-order valence-electron chi connectivity index (χ4n) is 2.78. The Morgan fingerprint density at radius 1 is 1.47 bits per heavy atom. The molecule has 90 valence electrons. The number of hydrogen-bond donors (Lipinski definition) is 1. The average molecular weight is 215 g/mol. The highest BCUT2D eigenvalue weighted by molar-refractivity contribution is 5.03. The predicted octanol–water partition coefficient (Wildman–Crippen LogP) is 1.65. The van der Waals surface area contributed by atoms with E-state index >= 15 is 0 Å². The van der Waals surface area contributed by atoms with E-state index in [1.54, 1.807) is 0 Å². The van der Waals surface area contributed by atoms with Gasteiger partial charge < -0.3 is 9.84 Å². The Kier molecular flexibility index (Phi) is 5.03. The van der Waals surface area contributed by atoms with Crippen LogP contribution in [-0.4, -0.2) is 48.0 Å². The van der Waals surface area contributed by atoms with Crippen LogP contribution < -0.4 is 0 Å². The van der Waals surface area contributed by atoms with Gasteiger partial charge in [-0.1, -0.05) is 13.8 Å². The molecule has 0 aromatic heterocycles. The van der Waals surface area contributed by atoms with Crippen molar-refractivity contribution < 1.29 is 9.84 Å². The number of hydrogen-bond acceptors (Lipinski definition) is 3. The topological polar surface area (TPSA) is 32.7 Å². The maximum Gasteiger partial charge on any atom is 0.0685 e. The second kappa shape index (κ2) is 5.83. The summed E-state index contributed by atoms with van der Waals surface area (Å²) in [5.74, 6) is 0. The van der Waals surface area contributed by atoms with Gasteiger partial charge in [-0.3, -0.25) is 4.90 Å². The van der Waals surface area contributed by atoms with Crippen LogP contribution in [0.5, 0.6) is 0 Å². The second-order valence-corrected chi connectivity index (χ2v) is 4.27. The Morgan fingerprint density at radius 2 is 2.20 bits per heavy atom. The van der Waals surface area contributed by atoms with Gasteiger partial charge in [0.1, 0.15) is 0 Å². The zero-order chi connectivity index (χ0) is 11.3. The Morgan fingerprint density at radius 3 is 2.87 bits per heavy atom. The molecule has 3 heteroatoms. The lowest BCUT2D eigenvalue weighted by molar-refractivity contribution is 0.0408. The van der Waals surface area contributed by atoms with Gasteiger partial charge in [0.15, 0.2) is 0 Å². The average Bonchev–Trinajstić information content (AvgIpc) is 2.74. The van der Waals surface area contributed by atoms with Crippen molar-refractivity contribution in [3.05, 3.63) is 0 Å². The molecule has 2 saturated heterocycles. The molecule has 0 radical (unpaired) electrons. The Bertz CT molecular complexity index is 186. The van der Waals surface area contributed by atoms with Gasteiger partial charge >= 0.3 is 0 Å². The van der Waals surface area contributed by atoms with Gasteiger partial charge in [0.05, 0.1) is 12.7 Å². The number of aliphatic hydroxyl groups is 1. The molecular formula is C12H25NO2. The van der Waals surface area contributed by atoms with E-state index in [4.69, 9.17) is 4.74 Å². The molecule has 2 aliphatic rings. The van der Waals surface area contributed by atoms with Gasteiger partial charge in [0, 0.05) is 18.7 Å². The first-order chi connectivity index (χ1) is 7.27. The molecule has 2 unspecified atom stereocenters. The number of fused-ring (bicyclic) bond motifs is 1. The van der Waals surface area contributed by atoms with Crippen LogP contribution in [0.25, 0.3) is 0 Å². The fourth-order valence-corrected chi connectivity index (χ4v) is 2.78. The highest BCUT2D eigenvalue weighted by Gasteiger charge is 2.47. The van der Waals surface area contributed by atoms with Crippen LogP contribution in [0.1, 0.15) is 40.0 Å². The largest absolute Gasteiger partial charge is 0.392 e. The van der Waals surface area contributed by atoms with Crippen LogP contribution in [0.4, 0.5) is 0 Å². The van der Waals surface area contributed by atoms with Crippen LogP contribution in [0.2, 0.25) is 0 Å². The lowest BCUT2D eigenvalue weighted by atomic mass is 9.94. The van der Waals surface area contributed by atoms with Crippen molar-refractivity contribution in [1.82, 2.24) is 4.90 Å². The molecule has 0 aromatic rings. The first kappa shape index (κ1) is 12.9. The monoisotopic (exact) mass is 215 g/mol. The smallest absolute Gasteiger partial charge is 0.0685 e. The van der Waals surface area contributed by atoms with Gasteiger partial charge in [-0.15, -0.1) is 0 Å². The standard InChI is InChI=1S/C10H19NO2.C2H6/c1-2-13-8-10-4-3-5-11(10)7-9(12)6-10;1-2/h9,12H,2-8H2,1H3;1-2H3. The van der Waals surface area contributed by atoms with E-state index in [9.17, 15) is 5.11 Å². The van der Waals surface area contributed by atoms with E-state index in [0.29, 0.717) is 0 Å². The highest BCUT2D eigenvalue weighted by atomic mass is 16.5. The van der Waals surface area contributed by atoms with Gasteiger partial charge in [0.2, 0.25) is 0 Å². The first-order valence-electron chi connectivity index (χ1n) is 6.28. The summed E-state index contributed by atoms with van der Waals surface area (Å²) in [7, 11) is 0. The summed E-state index contributed by atoms with van der Waals surface area (Å²) in [6.45, 7) is 9.62. The summed E-state index contributed by atoms with van der Waals surface area (Å²) >= 11 is 0. The van der Waals surface area contributed by atoms with Crippen LogP contribution in [0, 0.1) is 0 Å². The molecule has 2 aliphatic heterocycles. The fraction of sp³-hybridized carbons (Fsp3) is 1.00. The molecule has 15 heavy (non-hydrogen) atoms. The molecule has 0 aromatic carbocycles. The lowest BCUT2D eigenvalue weighted by Crippen LogP contribution is -2.42. The van der Waals surface area contributed by atoms with Gasteiger partial charge in [-0.2, -0.15) is 0 Å². The van der Waals surface area contributed by atoms with Crippen molar-refractivity contribution in [2.75, 3.05) is 26.3 Å². The second-order valence-electron chi connectivity index (χ2n) is 4.27. The van der Waals surface area contributed by atoms with Gasteiger partial charge in [-0.25, -0.2) is 0 Å². The highest BCUT2D eigenvalue weighted by Crippen LogP contribution is 2.38. The normalized spacial score (nSPS) is 34.8. The van der Waals surface area contributed by atoms with Gasteiger partial charge in [-0.05, 0) is 32.7 Å². The van der Waals surface area contributed by atoms with E-state index in [0.717, 1.165) is 32.7 Å². The number of rotatable bonds is 3. The molecule has 1 N–H and O–H groups in total. The van der Waals surface area contributed by atoms with Crippen molar-refractivity contribution >= 4 is 0 Å². The van der Waals surface area contributed by atoms with E-state index in [2.05, 4.69) is 4.90 Å². The molecule has 0 bridgehead atoms. The van der Waals surface area contributed by atoms with Gasteiger partial charge in [0.25, 0.3) is 0 Å². The third kappa shape index (κ3) is 2.71. The molecular weight excluding hydrogens is 190 g/mol. The minimum absolute atomic E-state index is 0.124. The van der Waals surface area contributed by atoms with Crippen molar-refractivity contribution in [1.29, 1.82) is 0 Å². The van der Waals surface area contributed by atoms with Crippen molar-refractivity contribution in [2.45, 2.75) is 51.7 Å². The molecule has 0 spiro atoms. The number of nitrogens with zero attached hydrogens (tertiary/aromatic N) is 1. The van der Waals surface area contributed by atoms with Crippen molar-refractivity contribution in [3.63, 3.8) is 0 Å². The molecule has 2 fully saturated rings. The van der Waals surface area contributed by atoms with Crippen molar-refractivity contribution in [3.8, 4) is 0 Å². The van der Waals surface area contributed by atoms with Crippen LogP contribution in [0.3, 0.4) is 0 Å². The van der Waals surface area contributed by atoms with E-state index in [1.165, 1.54) is 12.8 Å². The predicted molar refractivity (Wildman–Crippen MR) is 62.0 cm³/mol. The molecule has 3 nitrogen and oxygen atoms in total. The molecule has 2 atom stereocenters. The summed E-state index contributed by atoms with van der Waals surface area (Å²) in [5, 5.41) is 9.60. The molecule has 0 amide bonds. The SMILES string of the molecule is CC.CCOCC12CCCN1CC(O)C2. The Balaban J connectivity index is 0.000000531. The first-order valence-corrected chi connectivity index (χ1v) is 6.28. The van der Waals surface area contributed by atoms with E-state index in [1.807, 2.05) is 20.8 Å². The summed E-state index contributed by atoms with van der Waals surface area (Å²) in [5.41, 5.74) is 0.190. The Hall–Kier alpha value is -0.120. The summed E-state index contributed by atoms with van der Waals surface area (Å²) < 4.78 is 5.52. The zero-order valence-electron chi connectivity index (χ0n) is 10.3. The maximum atomic E-state index is 9.60. The number of aliphatic hydroxyl groups excluding tert-OH is 1. The van der Waals surface area contributed by atoms with Crippen LogP contribution in [0.15, 0.2) is 0 Å². The summed E-state index contributed by atoms with van der Waals surface area (Å²) in [6, 6.07) is 0. The third-order valence-corrected chi connectivity index (χ3v) is 3.36. The molecule has 0 aliphatic carbocycles. The number of β-amino-alcohol motifs (C(OH)–C–C–N with tert-alkyl or cyclic N) is 1. The van der Waals surface area contributed by atoms with Crippen molar-refractivity contribution in [2.24, 2.45) is 0 Å². The third-order valence-electron chi connectivity index (χ3n) is 3.36. The zero-order valence-corrected chi connectivity index (χ0v) is 10.3. The Labute approximate surface area is 93.4 Å². The maximum absolute atomic E-state index is 9.60. The van der Waals surface area contributed by atoms with E-state index in [-0.39, 0.29) is 11.6 Å². The molecule has 2 heterocycles. The van der Waals surface area contributed by atoms with Crippen LogP contribution in [-0.2, 0) is 4.74 Å². The minimum atomic E-state index is -0.124. The number of ether oxygens (including phenoxy) is 1. The lowest BCUT2D eigenvalue weighted by Gasteiger charge is -2.31. The molecule has 0 saturated carbocycles. The van der Waals surface area contributed by atoms with E-state index < -0.39 is 0 Å². The van der Waals surface area contributed by atoms with Crippen LogP contribution >= 0.6 is 0 Å². The minimum Gasteiger partial charge on any atom is -0.392 e. The quantitative estimate of drug-likeness (QED) is 0.777. The molecule has 2 rings (SSSR count). The summed E-state index contributed by atoms with van der Waals surface area (Å²) in [4.78, 5) is 2.41.